The van der Waals surface area contributed by atoms with Gasteiger partial charge in [-0.25, -0.2) is 0 Å². The van der Waals surface area contributed by atoms with Crippen LogP contribution in [0, 0.1) is 0 Å². The smallest absolute Gasteiger partial charge is 0.313 e. The van der Waals surface area contributed by atoms with Gasteiger partial charge < -0.3 is 21.1 Å². The van der Waals surface area contributed by atoms with Gasteiger partial charge >= 0.3 is 11.8 Å². The van der Waals surface area contributed by atoms with Gasteiger partial charge in [0.2, 0.25) is 0 Å². The lowest BCUT2D eigenvalue weighted by Gasteiger charge is -2.15. The van der Waals surface area contributed by atoms with Crippen LogP contribution in [-0.2, 0) is 16.1 Å². The quantitative estimate of drug-likeness (QED) is 0.554. The topological polar surface area (TPSA) is 108 Å². The average molecular weight is 369 g/mol. The summed E-state index contributed by atoms with van der Waals surface area (Å²) in [6.07, 6.45) is 0.494. The molecule has 4 N–H and O–H groups in total. The van der Waals surface area contributed by atoms with Gasteiger partial charge in [-0.3, -0.25) is 14.4 Å². The molecule has 0 heterocycles. The molecule has 0 spiro atoms. The third-order valence-electron chi connectivity index (χ3n) is 3.97. The zero-order valence-electron chi connectivity index (χ0n) is 15.1. The van der Waals surface area contributed by atoms with E-state index in [1.54, 1.807) is 31.2 Å². The highest BCUT2D eigenvalue weighted by Gasteiger charge is 2.19. The number of carbonyl (C=O) groups excluding carboxylic acids is 3. The molecule has 0 aliphatic rings. The molecule has 0 radical (unpaired) electrons. The minimum absolute atomic E-state index is 0.236. The zero-order chi connectivity index (χ0) is 19.6. The summed E-state index contributed by atoms with van der Waals surface area (Å²) < 4.78 is 0. The van der Waals surface area contributed by atoms with Crippen LogP contribution >= 0.6 is 0 Å². The van der Waals surface area contributed by atoms with Crippen LogP contribution < -0.4 is 16.0 Å². The highest BCUT2D eigenvalue weighted by Crippen LogP contribution is 2.15. The molecule has 0 saturated carbocycles. The predicted molar refractivity (Wildman–Crippen MR) is 102 cm³/mol. The molecule has 0 aliphatic heterocycles. The summed E-state index contributed by atoms with van der Waals surface area (Å²) in [6.45, 7) is 1.87. The Morgan fingerprint density at radius 1 is 0.963 bits per heavy atom. The van der Waals surface area contributed by atoms with Gasteiger partial charge in [0, 0.05) is 6.54 Å². The van der Waals surface area contributed by atoms with Gasteiger partial charge in [-0.15, -0.1) is 0 Å². The SMILES string of the molecule is CC[C@@H](CO)NC(=O)C(=O)Nc1ccccc1C(=O)NCc1ccccc1. The monoisotopic (exact) mass is 369 g/mol. The van der Waals surface area contributed by atoms with Crippen molar-refractivity contribution in [1.29, 1.82) is 0 Å². The molecule has 27 heavy (non-hydrogen) atoms. The number of anilines is 1. The fourth-order valence-corrected chi connectivity index (χ4v) is 2.37. The number of hydrogen-bond acceptors (Lipinski definition) is 4. The highest BCUT2D eigenvalue weighted by atomic mass is 16.3. The number of amides is 3. The summed E-state index contributed by atoms with van der Waals surface area (Å²) in [5.41, 5.74) is 1.44. The van der Waals surface area contributed by atoms with Crippen LogP contribution in [0.1, 0.15) is 29.3 Å². The molecule has 2 rings (SSSR count). The van der Waals surface area contributed by atoms with E-state index in [2.05, 4.69) is 16.0 Å². The molecule has 7 heteroatoms. The third kappa shape index (κ3) is 5.93. The summed E-state index contributed by atoms with van der Waals surface area (Å²) in [5.74, 6) is -2.13. The van der Waals surface area contributed by atoms with Crippen molar-refractivity contribution in [2.24, 2.45) is 0 Å². The van der Waals surface area contributed by atoms with Crippen molar-refractivity contribution < 1.29 is 19.5 Å². The molecule has 2 aromatic rings. The number of hydrogen-bond donors (Lipinski definition) is 4. The molecule has 0 fully saturated rings. The number of aliphatic hydroxyl groups is 1. The fraction of sp³-hybridized carbons (Fsp3) is 0.250. The van der Waals surface area contributed by atoms with E-state index in [0.29, 0.717) is 13.0 Å². The molecule has 0 aromatic heterocycles. The summed E-state index contributed by atoms with van der Waals surface area (Å²) >= 11 is 0. The van der Waals surface area contributed by atoms with Crippen molar-refractivity contribution in [2.45, 2.75) is 25.9 Å². The molecule has 0 saturated heterocycles. The third-order valence-corrected chi connectivity index (χ3v) is 3.97. The van der Waals surface area contributed by atoms with Gasteiger partial charge in [0.05, 0.1) is 23.9 Å². The minimum atomic E-state index is -0.898. The zero-order valence-corrected chi connectivity index (χ0v) is 15.1. The van der Waals surface area contributed by atoms with Crippen LogP contribution in [0.3, 0.4) is 0 Å². The van der Waals surface area contributed by atoms with E-state index in [9.17, 15) is 14.4 Å². The summed E-state index contributed by atoms with van der Waals surface area (Å²) in [4.78, 5) is 36.5. The van der Waals surface area contributed by atoms with E-state index >= 15 is 0 Å². The lowest BCUT2D eigenvalue weighted by molar-refractivity contribution is -0.136. The summed E-state index contributed by atoms with van der Waals surface area (Å²) in [5, 5.41) is 16.8. The largest absolute Gasteiger partial charge is 0.394 e. The van der Waals surface area contributed by atoms with Crippen LogP contribution in [-0.4, -0.2) is 35.5 Å². The minimum Gasteiger partial charge on any atom is -0.394 e. The van der Waals surface area contributed by atoms with Crippen LogP contribution in [0.15, 0.2) is 54.6 Å². The second-order valence-corrected chi connectivity index (χ2v) is 5.93. The first kappa shape index (κ1) is 20.1. The first-order chi connectivity index (χ1) is 13.0. The maximum atomic E-state index is 12.5. The van der Waals surface area contributed by atoms with E-state index in [1.165, 1.54) is 0 Å². The maximum absolute atomic E-state index is 12.5. The number of nitrogens with one attached hydrogen (secondary N) is 3. The van der Waals surface area contributed by atoms with Gasteiger partial charge in [-0.05, 0) is 24.1 Å². The number of rotatable bonds is 7. The van der Waals surface area contributed by atoms with Crippen molar-refractivity contribution >= 4 is 23.4 Å². The molecule has 0 bridgehead atoms. The van der Waals surface area contributed by atoms with Crippen molar-refractivity contribution in [2.75, 3.05) is 11.9 Å². The summed E-state index contributed by atoms with van der Waals surface area (Å²) in [6, 6.07) is 15.4. The van der Waals surface area contributed by atoms with Crippen LogP contribution in [0.5, 0.6) is 0 Å². The number of benzene rings is 2. The fourth-order valence-electron chi connectivity index (χ4n) is 2.37. The molecule has 0 unspecified atom stereocenters. The normalized spacial score (nSPS) is 11.3. The van der Waals surface area contributed by atoms with E-state index in [-0.39, 0.29) is 23.8 Å². The molecular weight excluding hydrogens is 346 g/mol. The van der Waals surface area contributed by atoms with Gasteiger partial charge in [0.1, 0.15) is 0 Å². The highest BCUT2D eigenvalue weighted by molar-refractivity contribution is 6.40. The van der Waals surface area contributed by atoms with Crippen molar-refractivity contribution in [3.63, 3.8) is 0 Å². The van der Waals surface area contributed by atoms with E-state index in [1.807, 2.05) is 30.3 Å². The second kappa shape index (κ2) is 10.1. The Labute approximate surface area is 157 Å². The Morgan fingerprint density at radius 2 is 1.63 bits per heavy atom. The molecule has 2 aromatic carbocycles. The standard InChI is InChI=1S/C20H23N3O4/c1-2-15(13-24)22-19(26)20(27)23-17-11-7-6-10-16(17)18(25)21-12-14-8-4-3-5-9-14/h3-11,15,24H,2,12-13H2,1H3,(H,21,25)(H,22,26)(H,23,27)/t15-/m0/s1. The maximum Gasteiger partial charge on any atom is 0.313 e. The van der Waals surface area contributed by atoms with Gasteiger partial charge in [-0.1, -0.05) is 49.4 Å². The molecule has 142 valence electrons. The number of para-hydroxylation sites is 1. The van der Waals surface area contributed by atoms with Crippen molar-refractivity contribution in [1.82, 2.24) is 10.6 Å². The Morgan fingerprint density at radius 3 is 2.30 bits per heavy atom. The van der Waals surface area contributed by atoms with E-state index in [4.69, 9.17) is 5.11 Å². The van der Waals surface area contributed by atoms with Gasteiger partial charge in [-0.2, -0.15) is 0 Å². The first-order valence-corrected chi connectivity index (χ1v) is 8.69. The van der Waals surface area contributed by atoms with E-state index in [0.717, 1.165) is 5.56 Å². The van der Waals surface area contributed by atoms with E-state index < -0.39 is 17.9 Å². The van der Waals surface area contributed by atoms with Gasteiger partial charge in [0.25, 0.3) is 5.91 Å². The molecule has 7 nitrogen and oxygen atoms in total. The van der Waals surface area contributed by atoms with Crippen LogP contribution in [0.4, 0.5) is 5.69 Å². The Hall–Kier alpha value is -3.19. The first-order valence-electron chi connectivity index (χ1n) is 8.69. The molecule has 3 amide bonds. The number of carbonyl (C=O) groups is 3. The van der Waals surface area contributed by atoms with Crippen molar-refractivity contribution in [3.8, 4) is 0 Å². The van der Waals surface area contributed by atoms with Gasteiger partial charge in [0.15, 0.2) is 0 Å². The Bertz CT molecular complexity index is 789. The molecule has 0 aliphatic carbocycles. The van der Waals surface area contributed by atoms with Crippen LogP contribution in [0.2, 0.25) is 0 Å². The van der Waals surface area contributed by atoms with Crippen molar-refractivity contribution in [3.05, 3.63) is 65.7 Å². The Balaban J connectivity index is 2.03. The number of aliphatic hydroxyl groups excluding tert-OH is 1. The molecule has 1 atom stereocenters. The lowest BCUT2D eigenvalue weighted by Crippen LogP contribution is -2.43. The molecular formula is C20H23N3O4. The summed E-state index contributed by atoms with van der Waals surface area (Å²) in [7, 11) is 0. The second-order valence-electron chi connectivity index (χ2n) is 5.93. The van der Waals surface area contributed by atoms with Crippen LogP contribution in [0.25, 0.3) is 0 Å². The predicted octanol–water partition coefficient (Wildman–Crippen LogP) is 1.44. The average Bonchev–Trinajstić information content (AvgIpc) is 2.71. The Kier molecular flexibility index (Phi) is 7.51. The lowest BCUT2D eigenvalue weighted by atomic mass is 10.1.